The summed E-state index contributed by atoms with van der Waals surface area (Å²) >= 11 is 0. The number of nitrogens with one attached hydrogen (secondary N) is 1. The smallest absolute Gasteiger partial charge is 0.250 e. The molecule has 0 bridgehead atoms. The number of hydrogen-bond acceptors (Lipinski definition) is 5. The molecule has 0 saturated heterocycles. The van der Waals surface area contributed by atoms with Crippen LogP contribution in [0.5, 0.6) is 0 Å². The summed E-state index contributed by atoms with van der Waals surface area (Å²) in [5, 5.41) is 2.94. The van der Waals surface area contributed by atoms with Crippen LogP contribution in [0.2, 0.25) is 0 Å². The highest BCUT2D eigenvalue weighted by Crippen LogP contribution is 2.39. The SMILES string of the molecule is O=CN(c1nccnc1Nc1cncc(-c2cccc(F)c2F)c1)C1CCC(F)(F)C1. The first-order valence-corrected chi connectivity index (χ1v) is 9.47. The molecule has 3 aromatic rings. The minimum atomic E-state index is -2.84. The number of rotatable bonds is 6. The Balaban J connectivity index is 1.64. The molecular weight excluding hydrogens is 414 g/mol. The van der Waals surface area contributed by atoms with Crippen molar-refractivity contribution in [3.63, 3.8) is 0 Å². The van der Waals surface area contributed by atoms with E-state index < -0.39 is 30.0 Å². The molecule has 2 heterocycles. The van der Waals surface area contributed by atoms with Gasteiger partial charge < -0.3 is 5.32 Å². The van der Waals surface area contributed by atoms with Gasteiger partial charge in [0.2, 0.25) is 12.3 Å². The molecule has 0 aliphatic heterocycles. The quantitative estimate of drug-likeness (QED) is 0.452. The average molecular weight is 431 g/mol. The molecule has 1 saturated carbocycles. The first kappa shape index (κ1) is 20.7. The number of hydrogen-bond donors (Lipinski definition) is 1. The van der Waals surface area contributed by atoms with Gasteiger partial charge in [-0.1, -0.05) is 12.1 Å². The Bertz CT molecular complexity index is 1110. The molecule has 10 heteroatoms. The molecule has 1 aliphatic carbocycles. The molecule has 0 radical (unpaired) electrons. The summed E-state index contributed by atoms with van der Waals surface area (Å²) in [4.78, 5) is 25.2. The molecule has 6 nitrogen and oxygen atoms in total. The Hall–Kier alpha value is -3.56. The zero-order valence-electron chi connectivity index (χ0n) is 16.1. The second kappa shape index (κ2) is 8.29. The highest BCUT2D eigenvalue weighted by molar-refractivity contribution is 5.82. The van der Waals surface area contributed by atoms with E-state index in [-0.39, 0.29) is 30.0 Å². The van der Waals surface area contributed by atoms with Gasteiger partial charge in [-0.2, -0.15) is 0 Å². The summed E-state index contributed by atoms with van der Waals surface area (Å²) in [6.45, 7) is 0. The second-order valence-corrected chi connectivity index (χ2v) is 7.18. The minimum absolute atomic E-state index is 0.0261. The molecule has 1 unspecified atom stereocenters. The lowest BCUT2D eigenvalue weighted by atomic mass is 10.1. The number of nitrogens with zero attached hydrogens (tertiary/aromatic N) is 4. The van der Waals surface area contributed by atoms with Gasteiger partial charge >= 0.3 is 0 Å². The Labute approximate surface area is 175 Å². The molecule has 1 aliphatic rings. The predicted octanol–water partition coefficient (Wildman–Crippen LogP) is 4.71. The number of pyridine rings is 1. The lowest BCUT2D eigenvalue weighted by Gasteiger charge is -2.25. The Kier molecular flexibility index (Phi) is 5.53. The van der Waals surface area contributed by atoms with Crippen LogP contribution >= 0.6 is 0 Å². The third kappa shape index (κ3) is 4.32. The van der Waals surface area contributed by atoms with Crippen molar-refractivity contribution in [2.45, 2.75) is 31.2 Å². The molecule has 1 atom stereocenters. The van der Waals surface area contributed by atoms with E-state index in [1.54, 1.807) is 0 Å². The fourth-order valence-electron chi connectivity index (χ4n) is 3.60. The van der Waals surface area contributed by atoms with Gasteiger partial charge in [0, 0.05) is 48.6 Å². The molecule has 1 fully saturated rings. The van der Waals surface area contributed by atoms with E-state index in [4.69, 9.17) is 0 Å². The fraction of sp³-hybridized carbons (Fsp3) is 0.238. The fourth-order valence-corrected chi connectivity index (χ4v) is 3.60. The van der Waals surface area contributed by atoms with E-state index in [1.807, 2.05) is 0 Å². The van der Waals surface area contributed by atoms with Gasteiger partial charge in [-0.05, 0) is 18.6 Å². The van der Waals surface area contributed by atoms with E-state index >= 15 is 0 Å². The van der Waals surface area contributed by atoms with Crippen LogP contribution in [0.25, 0.3) is 11.1 Å². The lowest BCUT2D eigenvalue weighted by molar-refractivity contribution is -0.108. The first-order chi connectivity index (χ1) is 14.9. The Morgan fingerprint density at radius 3 is 2.71 bits per heavy atom. The minimum Gasteiger partial charge on any atom is -0.336 e. The van der Waals surface area contributed by atoms with Gasteiger partial charge in [0.25, 0.3) is 0 Å². The van der Waals surface area contributed by atoms with Crippen molar-refractivity contribution in [3.8, 4) is 11.1 Å². The first-order valence-electron chi connectivity index (χ1n) is 9.47. The van der Waals surface area contributed by atoms with Gasteiger partial charge in [0.15, 0.2) is 23.3 Å². The third-order valence-electron chi connectivity index (χ3n) is 5.07. The molecule has 1 N–H and O–H groups in total. The van der Waals surface area contributed by atoms with Gasteiger partial charge in [-0.25, -0.2) is 27.5 Å². The van der Waals surface area contributed by atoms with Crippen molar-refractivity contribution in [3.05, 3.63) is 60.7 Å². The van der Waals surface area contributed by atoms with Crippen LogP contribution in [0.3, 0.4) is 0 Å². The van der Waals surface area contributed by atoms with Crippen molar-refractivity contribution in [1.29, 1.82) is 0 Å². The predicted molar refractivity (Wildman–Crippen MR) is 106 cm³/mol. The van der Waals surface area contributed by atoms with Crippen LogP contribution in [0.4, 0.5) is 34.9 Å². The third-order valence-corrected chi connectivity index (χ3v) is 5.07. The van der Waals surface area contributed by atoms with Crippen LogP contribution in [0, 0.1) is 11.6 Å². The summed E-state index contributed by atoms with van der Waals surface area (Å²) in [7, 11) is 0. The monoisotopic (exact) mass is 431 g/mol. The topological polar surface area (TPSA) is 71.0 Å². The van der Waals surface area contributed by atoms with Crippen LogP contribution < -0.4 is 10.2 Å². The summed E-state index contributed by atoms with van der Waals surface area (Å²) in [6.07, 6.45) is 5.35. The highest BCUT2D eigenvalue weighted by atomic mass is 19.3. The summed E-state index contributed by atoms with van der Waals surface area (Å²) < 4.78 is 55.0. The largest absolute Gasteiger partial charge is 0.336 e. The van der Waals surface area contributed by atoms with E-state index in [1.165, 1.54) is 43.0 Å². The maximum absolute atomic E-state index is 14.1. The molecule has 2 aromatic heterocycles. The summed E-state index contributed by atoms with van der Waals surface area (Å²) in [5.41, 5.74) is 0.707. The number of alkyl halides is 2. The Morgan fingerprint density at radius 2 is 1.97 bits per heavy atom. The maximum Gasteiger partial charge on any atom is 0.250 e. The van der Waals surface area contributed by atoms with Crippen molar-refractivity contribution < 1.29 is 22.4 Å². The number of carbonyl (C=O) groups excluding carboxylic acids is 1. The Morgan fingerprint density at radius 1 is 1.16 bits per heavy atom. The van der Waals surface area contributed by atoms with Gasteiger partial charge in [0.05, 0.1) is 11.9 Å². The molecule has 160 valence electrons. The molecule has 1 amide bonds. The zero-order chi connectivity index (χ0) is 22.0. The van der Waals surface area contributed by atoms with Gasteiger partial charge in [-0.15, -0.1) is 0 Å². The van der Waals surface area contributed by atoms with Crippen LogP contribution in [0.15, 0.2) is 49.1 Å². The van der Waals surface area contributed by atoms with Crippen molar-refractivity contribution in [2.24, 2.45) is 0 Å². The maximum atomic E-state index is 14.1. The van der Waals surface area contributed by atoms with Crippen molar-refractivity contribution in [1.82, 2.24) is 15.0 Å². The zero-order valence-corrected chi connectivity index (χ0v) is 16.1. The number of amides is 1. The van der Waals surface area contributed by atoms with E-state index in [0.29, 0.717) is 17.7 Å². The highest BCUT2D eigenvalue weighted by Gasteiger charge is 2.42. The number of anilines is 3. The van der Waals surface area contributed by atoms with E-state index in [9.17, 15) is 22.4 Å². The summed E-state index contributed by atoms with van der Waals surface area (Å²) in [5.74, 6) is -4.60. The van der Waals surface area contributed by atoms with Crippen molar-refractivity contribution >= 4 is 23.7 Å². The molecule has 0 spiro atoms. The standard InChI is InChI=1S/C21H17F4N5O/c22-17-3-1-2-16(18(17)23)13-8-14(11-26-10-13)29-19-20(28-7-6-27-19)30(12-31)15-4-5-21(24,25)9-15/h1-3,6-8,10-12,15H,4-5,9H2,(H,27,29). The summed E-state index contributed by atoms with van der Waals surface area (Å²) in [6, 6.07) is 4.63. The van der Waals surface area contributed by atoms with Crippen LogP contribution in [0.1, 0.15) is 19.3 Å². The number of benzene rings is 1. The normalized spacial score (nSPS) is 17.4. The van der Waals surface area contributed by atoms with E-state index in [0.717, 1.165) is 11.0 Å². The molecule has 4 rings (SSSR count). The van der Waals surface area contributed by atoms with Gasteiger partial charge in [-0.3, -0.25) is 14.7 Å². The lowest BCUT2D eigenvalue weighted by Crippen LogP contribution is -2.34. The second-order valence-electron chi connectivity index (χ2n) is 7.18. The average Bonchev–Trinajstić information content (AvgIpc) is 3.11. The number of aromatic nitrogens is 3. The van der Waals surface area contributed by atoms with Crippen molar-refractivity contribution in [2.75, 3.05) is 10.2 Å². The number of carbonyl (C=O) groups is 1. The van der Waals surface area contributed by atoms with E-state index in [2.05, 4.69) is 20.3 Å². The molecular formula is C21H17F4N5O. The molecule has 31 heavy (non-hydrogen) atoms. The number of halogens is 4. The van der Waals surface area contributed by atoms with Gasteiger partial charge in [0.1, 0.15) is 0 Å². The molecule has 1 aromatic carbocycles. The van der Waals surface area contributed by atoms with Crippen LogP contribution in [-0.4, -0.2) is 33.3 Å². The van der Waals surface area contributed by atoms with Crippen LogP contribution in [-0.2, 0) is 4.79 Å².